The van der Waals surface area contributed by atoms with Crippen molar-refractivity contribution >= 4 is 29.1 Å². The molecule has 8 nitrogen and oxygen atoms in total. The van der Waals surface area contributed by atoms with Gasteiger partial charge in [0.25, 0.3) is 5.91 Å². The van der Waals surface area contributed by atoms with Crippen LogP contribution in [0.2, 0.25) is 0 Å². The number of hydrogen-bond donors (Lipinski definition) is 1. The number of carbonyl (C=O) groups excluding carboxylic acids is 3. The SMILES string of the molecule is Cc1nn(C(C)C)c(C)c1NC(=O)CN1C(=O)C2CCCN2C(=O)c2ccccc21. The molecule has 30 heavy (non-hydrogen) atoms. The normalized spacial score (nSPS) is 18.5. The van der Waals surface area contributed by atoms with E-state index in [-0.39, 0.29) is 30.3 Å². The number of benzene rings is 1. The van der Waals surface area contributed by atoms with Gasteiger partial charge in [-0.1, -0.05) is 12.1 Å². The highest BCUT2D eigenvalue weighted by Crippen LogP contribution is 2.32. The molecule has 2 aliphatic heterocycles. The number of aromatic nitrogens is 2. The number of aryl methyl sites for hydroxylation is 1. The molecule has 1 N–H and O–H groups in total. The average Bonchev–Trinajstić information content (AvgIpc) is 3.29. The van der Waals surface area contributed by atoms with Crippen molar-refractivity contribution in [3.8, 4) is 0 Å². The fraction of sp³-hybridized carbons (Fsp3) is 0.455. The van der Waals surface area contributed by atoms with Gasteiger partial charge < -0.3 is 15.1 Å². The monoisotopic (exact) mass is 409 g/mol. The summed E-state index contributed by atoms with van der Waals surface area (Å²) in [4.78, 5) is 42.3. The van der Waals surface area contributed by atoms with Gasteiger partial charge in [0.05, 0.1) is 28.3 Å². The lowest BCUT2D eigenvalue weighted by atomic mass is 10.1. The zero-order valence-corrected chi connectivity index (χ0v) is 17.8. The van der Waals surface area contributed by atoms with E-state index in [0.717, 1.165) is 17.8 Å². The van der Waals surface area contributed by atoms with Gasteiger partial charge in [0.15, 0.2) is 0 Å². The molecule has 0 bridgehead atoms. The van der Waals surface area contributed by atoms with Crippen molar-refractivity contribution < 1.29 is 14.4 Å². The molecule has 1 saturated heterocycles. The quantitative estimate of drug-likeness (QED) is 0.841. The van der Waals surface area contributed by atoms with E-state index in [1.54, 1.807) is 29.2 Å². The molecule has 0 aliphatic carbocycles. The lowest BCUT2D eigenvalue weighted by molar-refractivity contribution is -0.124. The van der Waals surface area contributed by atoms with Gasteiger partial charge in [0.2, 0.25) is 11.8 Å². The average molecular weight is 409 g/mol. The van der Waals surface area contributed by atoms with E-state index >= 15 is 0 Å². The van der Waals surface area contributed by atoms with Gasteiger partial charge in [-0.3, -0.25) is 19.1 Å². The zero-order chi connectivity index (χ0) is 21.6. The van der Waals surface area contributed by atoms with Crippen LogP contribution in [0.3, 0.4) is 0 Å². The third kappa shape index (κ3) is 3.26. The number of para-hydroxylation sites is 1. The maximum Gasteiger partial charge on any atom is 0.256 e. The number of anilines is 2. The smallest absolute Gasteiger partial charge is 0.256 e. The zero-order valence-electron chi connectivity index (χ0n) is 17.8. The van der Waals surface area contributed by atoms with Crippen LogP contribution in [0.4, 0.5) is 11.4 Å². The van der Waals surface area contributed by atoms with Gasteiger partial charge >= 0.3 is 0 Å². The molecule has 8 heteroatoms. The highest BCUT2D eigenvalue weighted by atomic mass is 16.2. The fourth-order valence-corrected chi connectivity index (χ4v) is 4.44. The second kappa shape index (κ2) is 7.59. The van der Waals surface area contributed by atoms with Crippen LogP contribution in [0, 0.1) is 13.8 Å². The van der Waals surface area contributed by atoms with Crippen molar-refractivity contribution in [1.82, 2.24) is 14.7 Å². The van der Waals surface area contributed by atoms with Gasteiger partial charge in [-0.05, 0) is 52.7 Å². The fourth-order valence-electron chi connectivity index (χ4n) is 4.44. The van der Waals surface area contributed by atoms with Crippen molar-refractivity contribution in [3.05, 3.63) is 41.2 Å². The van der Waals surface area contributed by atoms with E-state index in [1.807, 2.05) is 32.4 Å². The maximum atomic E-state index is 13.3. The van der Waals surface area contributed by atoms with Crippen LogP contribution in [0.5, 0.6) is 0 Å². The summed E-state index contributed by atoms with van der Waals surface area (Å²) >= 11 is 0. The van der Waals surface area contributed by atoms with Gasteiger partial charge in [-0.15, -0.1) is 0 Å². The first-order chi connectivity index (χ1) is 14.3. The number of hydrogen-bond acceptors (Lipinski definition) is 4. The number of nitrogens with one attached hydrogen (secondary N) is 1. The first-order valence-electron chi connectivity index (χ1n) is 10.4. The molecule has 1 atom stereocenters. The molecular formula is C22H27N5O3. The molecule has 1 unspecified atom stereocenters. The van der Waals surface area contributed by atoms with Crippen molar-refractivity contribution in [2.45, 2.75) is 52.6 Å². The minimum atomic E-state index is -0.509. The molecule has 3 heterocycles. The van der Waals surface area contributed by atoms with Crippen molar-refractivity contribution in [2.24, 2.45) is 0 Å². The molecule has 1 fully saturated rings. The van der Waals surface area contributed by atoms with Gasteiger partial charge in [0.1, 0.15) is 12.6 Å². The summed E-state index contributed by atoms with van der Waals surface area (Å²) < 4.78 is 1.87. The second-order valence-electron chi connectivity index (χ2n) is 8.23. The summed E-state index contributed by atoms with van der Waals surface area (Å²) in [6, 6.07) is 6.67. The Balaban J connectivity index is 1.63. The summed E-state index contributed by atoms with van der Waals surface area (Å²) in [6.45, 7) is 8.24. The van der Waals surface area contributed by atoms with E-state index < -0.39 is 6.04 Å². The molecule has 1 aromatic carbocycles. The highest BCUT2D eigenvalue weighted by molar-refractivity contribution is 6.13. The number of rotatable bonds is 4. The van der Waals surface area contributed by atoms with E-state index in [0.29, 0.717) is 29.9 Å². The Morgan fingerprint density at radius 1 is 1.23 bits per heavy atom. The van der Waals surface area contributed by atoms with Crippen LogP contribution >= 0.6 is 0 Å². The van der Waals surface area contributed by atoms with Gasteiger partial charge in [-0.25, -0.2) is 0 Å². The number of amides is 3. The van der Waals surface area contributed by atoms with Crippen LogP contribution in [0.1, 0.15) is 54.5 Å². The van der Waals surface area contributed by atoms with Crippen LogP contribution in [0.25, 0.3) is 0 Å². The lowest BCUT2D eigenvalue weighted by Gasteiger charge is -2.25. The Labute approximate surface area is 175 Å². The second-order valence-corrected chi connectivity index (χ2v) is 8.23. The Bertz CT molecular complexity index is 1030. The Kier molecular flexibility index (Phi) is 5.09. The Morgan fingerprint density at radius 3 is 2.67 bits per heavy atom. The summed E-state index contributed by atoms with van der Waals surface area (Å²) in [7, 11) is 0. The van der Waals surface area contributed by atoms with Crippen LogP contribution in [0.15, 0.2) is 24.3 Å². The lowest BCUT2D eigenvalue weighted by Crippen LogP contribution is -2.47. The number of carbonyl (C=O) groups is 3. The number of fused-ring (bicyclic) bond motifs is 2. The van der Waals surface area contributed by atoms with E-state index in [2.05, 4.69) is 10.4 Å². The Morgan fingerprint density at radius 2 is 1.97 bits per heavy atom. The summed E-state index contributed by atoms with van der Waals surface area (Å²) in [5.41, 5.74) is 3.22. The molecule has 2 aromatic rings. The molecule has 158 valence electrons. The summed E-state index contributed by atoms with van der Waals surface area (Å²) in [6.07, 6.45) is 1.41. The van der Waals surface area contributed by atoms with Crippen molar-refractivity contribution in [1.29, 1.82) is 0 Å². The summed E-state index contributed by atoms with van der Waals surface area (Å²) in [5.74, 6) is -0.659. The third-order valence-electron chi connectivity index (χ3n) is 5.87. The number of nitrogens with zero attached hydrogens (tertiary/aromatic N) is 4. The molecular weight excluding hydrogens is 382 g/mol. The van der Waals surface area contributed by atoms with E-state index in [9.17, 15) is 14.4 Å². The largest absolute Gasteiger partial charge is 0.327 e. The molecule has 2 aliphatic rings. The molecule has 0 saturated carbocycles. The predicted octanol–water partition coefficient (Wildman–Crippen LogP) is 2.67. The van der Waals surface area contributed by atoms with Crippen LogP contribution < -0.4 is 10.2 Å². The highest BCUT2D eigenvalue weighted by Gasteiger charge is 2.42. The minimum Gasteiger partial charge on any atom is -0.327 e. The van der Waals surface area contributed by atoms with Crippen LogP contribution in [-0.4, -0.2) is 51.5 Å². The Hall–Kier alpha value is -3.16. The van der Waals surface area contributed by atoms with Gasteiger partial charge in [-0.2, -0.15) is 5.10 Å². The first-order valence-corrected chi connectivity index (χ1v) is 10.4. The molecule has 1 aromatic heterocycles. The van der Waals surface area contributed by atoms with Gasteiger partial charge in [0, 0.05) is 12.6 Å². The van der Waals surface area contributed by atoms with Crippen LogP contribution in [-0.2, 0) is 9.59 Å². The molecule has 3 amide bonds. The maximum absolute atomic E-state index is 13.3. The first kappa shape index (κ1) is 20.1. The molecule has 0 radical (unpaired) electrons. The van der Waals surface area contributed by atoms with Crippen molar-refractivity contribution in [2.75, 3.05) is 23.3 Å². The van der Waals surface area contributed by atoms with E-state index in [4.69, 9.17) is 0 Å². The summed E-state index contributed by atoms with van der Waals surface area (Å²) in [5, 5.41) is 7.43. The minimum absolute atomic E-state index is 0.144. The topological polar surface area (TPSA) is 87.5 Å². The van der Waals surface area contributed by atoms with E-state index in [1.165, 1.54) is 4.90 Å². The third-order valence-corrected chi connectivity index (χ3v) is 5.87. The predicted molar refractivity (Wildman–Crippen MR) is 114 cm³/mol. The van der Waals surface area contributed by atoms with Crippen molar-refractivity contribution in [3.63, 3.8) is 0 Å². The standard InChI is InChI=1S/C22H27N5O3/c1-13(2)27-15(4)20(14(3)24-27)23-19(28)12-26-17-9-6-5-8-16(17)21(29)25-11-7-10-18(25)22(26)30/h5-6,8-9,13,18H,7,10-12H2,1-4H3,(H,23,28). The molecule has 0 spiro atoms. The molecule has 4 rings (SSSR count).